The van der Waals surface area contributed by atoms with Gasteiger partial charge in [0.2, 0.25) is 0 Å². The summed E-state index contributed by atoms with van der Waals surface area (Å²) in [6, 6.07) is 14.3. The highest BCUT2D eigenvalue weighted by Crippen LogP contribution is 2.25. The van der Waals surface area contributed by atoms with E-state index in [1.54, 1.807) is 63.4 Å². The fourth-order valence-electron chi connectivity index (χ4n) is 5.44. The standard InChI is InChI=1S/C35H41N7O6/c1-21-33(46)42-18-6-7-26(39-42)31(44)40-41(5)29-15-14-24-11-8-23(19-27(24)38-29)16-17-35(2,3)34(47)48-28(32(45)37-21)20-22-9-12-25(13-10-22)30(43)36-4/h8-17,19,21,26,28,39H,6-7,18,20H2,1-5H3,(H,36,43)(H,37,45)(H,40,44)/b17-16+/t21-,26-,28?/m0/s1. The van der Waals surface area contributed by atoms with Gasteiger partial charge in [0.15, 0.2) is 6.10 Å². The number of anilines is 1. The summed E-state index contributed by atoms with van der Waals surface area (Å²) in [4.78, 5) is 70.7. The number of carbonyl (C=O) groups is 5. The number of amides is 4. The lowest BCUT2D eigenvalue weighted by molar-refractivity contribution is -0.162. The Balaban J connectivity index is 1.48. The molecule has 1 unspecified atom stereocenters. The second-order valence-corrected chi connectivity index (χ2v) is 12.6. The minimum Gasteiger partial charge on any atom is -0.451 e. The highest BCUT2D eigenvalue weighted by atomic mass is 16.5. The molecule has 0 saturated carbocycles. The van der Waals surface area contributed by atoms with Gasteiger partial charge < -0.3 is 15.4 Å². The molecule has 48 heavy (non-hydrogen) atoms. The highest BCUT2D eigenvalue weighted by Gasteiger charge is 2.35. The molecule has 3 aromatic rings. The molecule has 2 aliphatic rings. The first-order valence-corrected chi connectivity index (χ1v) is 15.9. The van der Waals surface area contributed by atoms with Crippen LogP contribution >= 0.6 is 0 Å². The van der Waals surface area contributed by atoms with Crippen LogP contribution in [-0.2, 0) is 30.3 Å². The van der Waals surface area contributed by atoms with Gasteiger partial charge in [0, 0.05) is 38.0 Å². The van der Waals surface area contributed by atoms with E-state index >= 15 is 0 Å². The van der Waals surface area contributed by atoms with E-state index in [9.17, 15) is 24.0 Å². The minimum absolute atomic E-state index is 0.00269. The molecule has 2 aromatic carbocycles. The number of hydrazine groups is 2. The molecule has 5 bridgehead atoms. The summed E-state index contributed by atoms with van der Waals surface area (Å²) in [5, 5.41) is 9.02. The van der Waals surface area contributed by atoms with E-state index in [1.165, 1.54) is 24.0 Å². The molecule has 4 amide bonds. The van der Waals surface area contributed by atoms with Gasteiger partial charge in [-0.15, -0.1) is 0 Å². The van der Waals surface area contributed by atoms with Crippen molar-refractivity contribution in [3.63, 3.8) is 0 Å². The van der Waals surface area contributed by atoms with Crippen LogP contribution in [0, 0.1) is 5.41 Å². The van der Waals surface area contributed by atoms with Gasteiger partial charge >= 0.3 is 5.97 Å². The summed E-state index contributed by atoms with van der Waals surface area (Å²) in [5.41, 5.74) is 7.26. The van der Waals surface area contributed by atoms with Gasteiger partial charge in [0.1, 0.15) is 17.9 Å². The quantitative estimate of drug-likeness (QED) is 0.310. The zero-order chi connectivity index (χ0) is 34.6. The molecule has 13 nitrogen and oxygen atoms in total. The maximum Gasteiger partial charge on any atom is 0.316 e. The molecule has 0 aliphatic carbocycles. The zero-order valence-electron chi connectivity index (χ0n) is 27.7. The van der Waals surface area contributed by atoms with Crippen molar-refractivity contribution in [3.8, 4) is 0 Å². The number of rotatable bonds is 3. The van der Waals surface area contributed by atoms with Gasteiger partial charge in [-0.05, 0) is 75.1 Å². The first-order chi connectivity index (χ1) is 22.8. The van der Waals surface area contributed by atoms with Gasteiger partial charge in [-0.25, -0.2) is 10.4 Å². The molecule has 3 heterocycles. The number of nitrogens with one attached hydrogen (secondary N) is 4. The lowest BCUT2D eigenvalue weighted by atomic mass is 9.92. The fourth-order valence-corrected chi connectivity index (χ4v) is 5.44. The zero-order valence-corrected chi connectivity index (χ0v) is 27.7. The van der Waals surface area contributed by atoms with Crippen LogP contribution in [0.4, 0.5) is 5.82 Å². The first kappa shape index (κ1) is 34.0. The van der Waals surface area contributed by atoms with Crippen LogP contribution in [0.5, 0.6) is 0 Å². The largest absolute Gasteiger partial charge is 0.451 e. The predicted molar refractivity (Wildman–Crippen MR) is 180 cm³/mol. The van der Waals surface area contributed by atoms with E-state index in [2.05, 4.69) is 21.5 Å². The van der Waals surface area contributed by atoms with Crippen molar-refractivity contribution in [3.05, 3.63) is 77.4 Å². The number of pyridine rings is 1. The smallest absolute Gasteiger partial charge is 0.316 e. The normalized spacial score (nSPS) is 22.8. The van der Waals surface area contributed by atoms with Gasteiger partial charge in [0.05, 0.1) is 10.9 Å². The number of aromatic nitrogens is 1. The molecule has 4 N–H and O–H groups in total. The molecule has 0 spiro atoms. The second kappa shape index (κ2) is 14.2. The third-order valence-corrected chi connectivity index (χ3v) is 8.45. The Labute approximate surface area is 279 Å². The molecular weight excluding hydrogens is 614 g/mol. The second-order valence-electron chi connectivity index (χ2n) is 12.6. The topological polar surface area (TPSA) is 162 Å². The molecule has 2 aliphatic heterocycles. The average Bonchev–Trinajstić information content (AvgIpc) is 3.09. The summed E-state index contributed by atoms with van der Waals surface area (Å²) in [6.45, 7) is 5.25. The molecule has 252 valence electrons. The molecule has 3 atom stereocenters. The Morgan fingerprint density at radius 2 is 1.77 bits per heavy atom. The Kier molecular flexibility index (Phi) is 10.1. The van der Waals surface area contributed by atoms with Crippen molar-refractivity contribution in [1.29, 1.82) is 0 Å². The number of fused-ring (bicyclic) bond motifs is 4. The van der Waals surface area contributed by atoms with Crippen LogP contribution in [0.3, 0.4) is 0 Å². The Morgan fingerprint density at radius 3 is 2.50 bits per heavy atom. The summed E-state index contributed by atoms with van der Waals surface area (Å²) in [7, 11) is 3.22. The van der Waals surface area contributed by atoms with Gasteiger partial charge in [-0.3, -0.25) is 39.4 Å². The predicted octanol–water partition coefficient (Wildman–Crippen LogP) is 2.27. The van der Waals surface area contributed by atoms with Gasteiger partial charge in [0.25, 0.3) is 23.6 Å². The lowest BCUT2D eigenvalue weighted by Crippen LogP contribution is -2.62. The fraction of sp³-hybridized carbons (Fsp3) is 0.371. The van der Waals surface area contributed by atoms with Crippen molar-refractivity contribution >= 4 is 52.4 Å². The SMILES string of the molecule is CNC(=O)c1ccc(CC2OC(=O)C(C)(C)/C=C/c3ccc4ccc(nc4c3)N(C)NC(=O)[C@@H]3CCCN(N3)C(=O)[C@H](C)NC2=O)cc1. The molecule has 1 saturated heterocycles. The molecular formula is C35H41N7O6. The van der Waals surface area contributed by atoms with E-state index in [-0.39, 0.29) is 18.2 Å². The van der Waals surface area contributed by atoms with Crippen LogP contribution in [0.1, 0.15) is 55.1 Å². The van der Waals surface area contributed by atoms with Crippen molar-refractivity contribution in [1.82, 2.24) is 31.5 Å². The summed E-state index contributed by atoms with van der Waals surface area (Å²) in [5.74, 6) is -1.83. The van der Waals surface area contributed by atoms with E-state index in [4.69, 9.17) is 9.72 Å². The maximum atomic E-state index is 13.7. The van der Waals surface area contributed by atoms with Crippen LogP contribution in [-0.4, -0.2) is 78.4 Å². The van der Waals surface area contributed by atoms with Gasteiger partial charge in [-0.2, -0.15) is 0 Å². The van der Waals surface area contributed by atoms with Crippen molar-refractivity contribution in [2.24, 2.45) is 5.41 Å². The number of nitrogens with zero attached hydrogens (tertiary/aromatic N) is 3. The van der Waals surface area contributed by atoms with Crippen LogP contribution < -0.4 is 26.5 Å². The minimum atomic E-state index is -1.29. The van der Waals surface area contributed by atoms with E-state index in [0.29, 0.717) is 41.8 Å². The maximum absolute atomic E-state index is 13.7. The number of carbonyl (C=O) groups excluding carboxylic acids is 5. The van der Waals surface area contributed by atoms with Crippen molar-refractivity contribution in [2.75, 3.05) is 25.6 Å². The number of cyclic esters (lactones) is 1. The van der Waals surface area contributed by atoms with Crippen molar-refractivity contribution in [2.45, 2.75) is 58.2 Å². The van der Waals surface area contributed by atoms with E-state index in [1.807, 2.05) is 24.3 Å². The summed E-state index contributed by atoms with van der Waals surface area (Å²) >= 11 is 0. The first-order valence-electron chi connectivity index (χ1n) is 15.9. The van der Waals surface area contributed by atoms with Crippen LogP contribution in [0.15, 0.2) is 60.7 Å². The molecule has 1 fully saturated rings. The molecule has 0 radical (unpaired) electrons. The molecule has 1 aromatic heterocycles. The third-order valence-electron chi connectivity index (χ3n) is 8.45. The van der Waals surface area contributed by atoms with E-state index < -0.39 is 41.4 Å². The molecule has 5 rings (SSSR count). The lowest BCUT2D eigenvalue weighted by Gasteiger charge is -2.35. The number of hydrogen-bond acceptors (Lipinski definition) is 9. The Morgan fingerprint density at radius 1 is 1.04 bits per heavy atom. The average molecular weight is 656 g/mol. The molecule has 13 heteroatoms. The van der Waals surface area contributed by atoms with Crippen LogP contribution in [0.25, 0.3) is 17.0 Å². The number of benzene rings is 2. The third kappa shape index (κ3) is 7.80. The summed E-state index contributed by atoms with van der Waals surface area (Å²) < 4.78 is 5.86. The number of esters is 1. The highest BCUT2D eigenvalue weighted by molar-refractivity contribution is 5.94. The summed E-state index contributed by atoms with van der Waals surface area (Å²) in [6.07, 6.45) is 3.27. The number of hydrogen-bond donors (Lipinski definition) is 4. The van der Waals surface area contributed by atoms with Crippen molar-refractivity contribution < 1.29 is 28.7 Å². The van der Waals surface area contributed by atoms with Gasteiger partial charge in [-0.1, -0.05) is 36.4 Å². The number of ether oxygens (including phenoxy) is 1. The Hall–Kier alpha value is -5.30. The van der Waals surface area contributed by atoms with E-state index in [0.717, 1.165) is 10.9 Å². The van der Waals surface area contributed by atoms with Crippen LogP contribution in [0.2, 0.25) is 0 Å². The monoisotopic (exact) mass is 655 g/mol. The Bertz CT molecular complexity index is 1760.